The number of esters is 1. The van der Waals surface area contributed by atoms with Crippen molar-refractivity contribution in [2.24, 2.45) is 5.92 Å². The van der Waals surface area contributed by atoms with Crippen LogP contribution in [0.25, 0.3) is 0 Å². The van der Waals surface area contributed by atoms with Gasteiger partial charge in [0, 0.05) is 12.6 Å². The minimum Gasteiger partial charge on any atom is -0.452 e. The van der Waals surface area contributed by atoms with Crippen molar-refractivity contribution in [1.82, 2.24) is 10.1 Å². The molecule has 1 aliphatic heterocycles. The highest BCUT2D eigenvalue weighted by atomic mass is 32.2. The van der Waals surface area contributed by atoms with Crippen LogP contribution < -0.4 is 0 Å². The van der Waals surface area contributed by atoms with E-state index in [1.807, 2.05) is 20.8 Å². The maximum atomic E-state index is 12.6. The van der Waals surface area contributed by atoms with Crippen LogP contribution in [-0.4, -0.2) is 61.1 Å². The van der Waals surface area contributed by atoms with Gasteiger partial charge < -0.3 is 14.2 Å². The van der Waals surface area contributed by atoms with Crippen LogP contribution in [0.1, 0.15) is 49.0 Å². The molecular formula is C17H26N2O6S. The molecule has 1 aliphatic rings. The van der Waals surface area contributed by atoms with Crippen molar-refractivity contribution >= 4 is 21.7 Å². The van der Waals surface area contributed by atoms with Gasteiger partial charge in [0.1, 0.15) is 11.3 Å². The molecule has 9 heteroatoms. The number of carbonyl (C=O) groups excluding carboxylic acids is 2. The minimum absolute atomic E-state index is 0.0376. The maximum absolute atomic E-state index is 12.6. The smallest absolute Gasteiger partial charge is 0.344 e. The van der Waals surface area contributed by atoms with Gasteiger partial charge in [0.05, 0.1) is 17.2 Å². The van der Waals surface area contributed by atoms with Crippen molar-refractivity contribution in [3.05, 3.63) is 17.0 Å². The highest BCUT2D eigenvalue weighted by Gasteiger charge is 2.35. The molecular weight excluding hydrogens is 360 g/mol. The summed E-state index contributed by atoms with van der Waals surface area (Å²) in [6.45, 7) is 7.33. The third kappa shape index (κ3) is 4.84. The first-order valence-electron chi connectivity index (χ1n) is 8.76. The van der Waals surface area contributed by atoms with Crippen molar-refractivity contribution in [3.8, 4) is 0 Å². The molecule has 2 heterocycles. The van der Waals surface area contributed by atoms with Crippen LogP contribution in [0.15, 0.2) is 4.52 Å². The van der Waals surface area contributed by atoms with Gasteiger partial charge in [-0.05, 0) is 25.7 Å². The molecule has 1 fully saturated rings. The summed E-state index contributed by atoms with van der Waals surface area (Å²) in [6.07, 6.45) is 0.925. The van der Waals surface area contributed by atoms with Gasteiger partial charge in [-0.1, -0.05) is 25.9 Å². The Bertz CT molecular complexity index is 768. The third-order valence-electron chi connectivity index (χ3n) is 4.33. The van der Waals surface area contributed by atoms with Crippen LogP contribution in [0.2, 0.25) is 0 Å². The molecule has 146 valence electrons. The zero-order valence-electron chi connectivity index (χ0n) is 15.6. The SMILES string of the molecule is CCc1noc(C)c1C(=O)OCC(=O)N(CC(C)C)C1CCS(=O)(=O)C1. The number of nitrogens with zero attached hydrogens (tertiary/aromatic N) is 2. The number of aryl methyl sites for hydroxylation is 2. The van der Waals surface area contributed by atoms with Crippen molar-refractivity contribution in [3.63, 3.8) is 0 Å². The number of rotatable bonds is 7. The van der Waals surface area contributed by atoms with Gasteiger partial charge in [0.15, 0.2) is 16.4 Å². The van der Waals surface area contributed by atoms with Crippen molar-refractivity contribution < 1.29 is 27.3 Å². The first kappa shape index (κ1) is 20.4. The fourth-order valence-electron chi connectivity index (χ4n) is 3.07. The molecule has 0 spiro atoms. The fourth-order valence-corrected chi connectivity index (χ4v) is 4.80. The van der Waals surface area contributed by atoms with Gasteiger partial charge >= 0.3 is 5.97 Å². The Morgan fingerprint density at radius 3 is 2.62 bits per heavy atom. The number of aromatic nitrogens is 1. The molecule has 1 aromatic heterocycles. The Morgan fingerprint density at radius 2 is 2.08 bits per heavy atom. The van der Waals surface area contributed by atoms with Gasteiger partial charge in [-0.3, -0.25) is 4.79 Å². The first-order valence-corrected chi connectivity index (χ1v) is 10.6. The van der Waals surface area contributed by atoms with Crippen molar-refractivity contribution in [1.29, 1.82) is 0 Å². The lowest BCUT2D eigenvalue weighted by molar-refractivity contribution is -0.137. The van der Waals surface area contributed by atoms with E-state index < -0.39 is 22.4 Å². The second-order valence-electron chi connectivity index (χ2n) is 6.99. The van der Waals surface area contributed by atoms with E-state index in [9.17, 15) is 18.0 Å². The molecule has 1 unspecified atom stereocenters. The fraction of sp³-hybridized carbons (Fsp3) is 0.706. The maximum Gasteiger partial charge on any atom is 0.344 e. The number of amides is 1. The van der Waals surface area contributed by atoms with E-state index in [4.69, 9.17) is 9.26 Å². The summed E-state index contributed by atoms with van der Waals surface area (Å²) in [5, 5.41) is 3.80. The summed E-state index contributed by atoms with van der Waals surface area (Å²) in [4.78, 5) is 26.4. The highest BCUT2D eigenvalue weighted by Crippen LogP contribution is 2.20. The van der Waals surface area contributed by atoms with Crippen LogP contribution in [0.4, 0.5) is 0 Å². The van der Waals surface area contributed by atoms with Gasteiger partial charge in [-0.25, -0.2) is 13.2 Å². The normalized spacial score (nSPS) is 18.9. The van der Waals surface area contributed by atoms with Gasteiger partial charge in [-0.15, -0.1) is 0 Å². The third-order valence-corrected chi connectivity index (χ3v) is 6.08. The Kier molecular flexibility index (Phi) is 6.44. The quantitative estimate of drug-likeness (QED) is 0.652. The number of ether oxygens (including phenoxy) is 1. The molecule has 26 heavy (non-hydrogen) atoms. The second-order valence-corrected chi connectivity index (χ2v) is 9.22. The van der Waals surface area contributed by atoms with Crippen molar-refractivity contribution in [2.75, 3.05) is 24.7 Å². The van der Waals surface area contributed by atoms with E-state index in [-0.39, 0.29) is 34.9 Å². The average molecular weight is 386 g/mol. The summed E-state index contributed by atoms with van der Waals surface area (Å²) < 4.78 is 33.7. The van der Waals surface area contributed by atoms with Crippen LogP contribution in [-0.2, 0) is 25.8 Å². The van der Waals surface area contributed by atoms with E-state index in [2.05, 4.69) is 5.16 Å². The lowest BCUT2D eigenvalue weighted by Crippen LogP contribution is -2.45. The zero-order valence-corrected chi connectivity index (χ0v) is 16.5. The molecule has 0 radical (unpaired) electrons. The molecule has 0 aliphatic carbocycles. The molecule has 2 rings (SSSR count). The second kappa shape index (κ2) is 8.20. The van der Waals surface area contributed by atoms with E-state index in [0.717, 1.165) is 0 Å². The number of carbonyl (C=O) groups is 2. The first-order chi connectivity index (χ1) is 12.1. The lowest BCUT2D eigenvalue weighted by atomic mass is 10.1. The Morgan fingerprint density at radius 1 is 1.38 bits per heavy atom. The lowest BCUT2D eigenvalue weighted by Gasteiger charge is -2.29. The standard InChI is InChI=1S/C17H26N2O6S/c1-5-14-16(12(4)25-18-14)17(21)24-9-15(20)19(8-11(2)3)13-6-7-26(22,23)10-13/h11,13H,5-10H2,1-4H3. The Labute approximate surface area is 153 Å². The van der Waals surface area contributed by atoms with E-state index >= 15 is 0 Å². The topological polar surface area (TPSA) is 107 Å². The van der Waals surface area contributed by atoms with Gasteiger partial charge in [0.25, 0.3) is 5.91 Å². The summed E-state index contributed by atoms with van der Waals surface area (Å²) in [5.41, 5.74) is 0.736. The molecule has 0 N–H and O–H groups in total. The molecule has 0 bridgehead atoms. The van der Waals surface area contributed by atoms with E-state index in [0.29, 0.717) is 30.8 Å². The summed E-state index contributed by atoms with van der Waals surface area (Å²) in [5.74, 6) is -0.479. The molecule has 1 aromatic rings. The Balaban J connectivity index is 2.05. The number of sulfone groups is 1. The van der Waals surface area contributed by atoms with Crippen LogP contribution in [0, 0.1) is 12.8 Å². The predicted octanol–water partition coefficient (Wildman–Crippen LogP) is 1.37. The summed E-state index contributed by atoms with van der Waals surface area (Å²) >= 11 is 0. The Hall–Kier alpha value is -1.90. The molecule has 8 nitrogen and oxygen atoms in total. The number of hydrogen-bond donors (Lipinski definition) is 0. The van der Waals surface area contributed by atoms with Crippen LogP contribution >= 0.6 is 0 Å². The van der Waals surface area contributed by atoms with Gasteiger partial charge in [-0.2, -0.15) is 0 Å². The van der Waals surface area contributed by atoms with Gasteiger partial charge in [0.2, 0.25) is 0 Å². The molecule has 1 atom stereocenters. The molecule has 0 saturated carbocycles. The molecule has 0 aromatic carbocycles. The summed E-state index contributed by atoms with van der Waals surface area (Å²) in [6, 6.07) is -0.364. The molecule has 1 amide bonds. The molecule has 1 saturated heterocycles. The monoisotopic (exact) mass is 386 g/mol. The van der Waals surface area contributed by atoms with Crippen molar-refractivity contribution in [2.45, 2.75) is 46.6 Å². The average Bonchev–Trinajstić information content (AvgIpc) is 3.11. The summed E-state index contributed by atoms with van der Waals surface area (Å²) in [7, 11) is -3.11. The zero-order chi connectivity index (χ0) is 19.5. The predicted molar refractivity (Wildman–Crippen MR) is 94.5 cm³/mol. The van der Waals surface area contributed by atoms with E-state index in [1.54, 1.807) is 6.92 Å². The highest BCUT2D eigenvalue weighted by molar-refractivity contribution is 7.91. The number of hydrogen-bond acceptors (Lipinski definition) is 7. The van der Waals surface area contributed by atoms with Crippen LogP contribution in [0.5, 0.6) is 0 Å². The largest absolute Gasteiger partial charge is 0.452 e. The van der Waals surface area contributed by atoms with E-state index in [1.165, 1.54) is 4.90 Å². The van der Waals surface area contributed by atoms with Crippen LogP contribution in [0.3, 0.4) is 0 Å². The minimum atomic E-state index is -3.11.